The SMILES string of the molecule is CC.CC.CC1=CCCCC1.COC(C)(C)O. The molecule has 2 heteroatoms. The molecule has 17 heavy (non-hydrogen) atoms. The second-order valence-corrected chi connectivity index (χ2v) is 3.95. The maximum Gasteiger partial charge on any atom is 0.159 e. The van der Waals surface area contributed by atoms with Crippen molar-refractivity contribution in [1.82, 2.24) is 0 Å². The van der Waals surface area contributed by atoms with E-state index in [1.165, 1.54) is 32.8 Å². The van der Waals surface area contributed by atoms with Gasteiger partial charge >= 0.3 is 0 Å². The van der Waals surface area contributed by atoms with Gasteiger partial charge in [0.15, 0.2) is 5.79 Å². The van der Waals surface area contributed by atoms with Crippen molar-refractivity contribution in [1.29, 1.82) is 0 Å². The molecule has 0 aromatic carbocycles. The zero-order valence-electron chi connectivity index (χ0n) is 13.3. The maximum atomic E-state index is 8.60. The third-order valence-electron chi connectivity index (χ3n) is 2.02. The molecule has 0 radical (unpaired) electrons. The molecule has 0 saturated heterocycles. The average molecular weight is 246 g/mol. The van der Waals surface area contributed by atoms with E-state index in [4.69, 9.17) is 5.11 Å². The Morgan fingerprint density at radius 2 is 1.53 bits per heavy atom. The number of hydrogen-bond donors (Lipinski definition) is 1. The molecule has 2 nitrogen and oxygen atoms in total. The first-order valence-corrected chi connectivity index (χ1v) is 6.89. The van der Waals surface area contributed by atoms with Crippen LogP contribution in [0.2, 0.25) is 0 Å². The van der Waals surface area contributed by atoms with Crippen LogP contribution in [0, 0.1) is 0 Å². The summed E-state index contributed by atoms with van der Waals surface area (Å²) in [6.07, 6.45) is 7.86. The first-order chi connectivity index (χ1) is 7.95. The van der Waals surface area contributed by atoms with Gasteiger partial charge in [-0.05, 0) is 46.5 Å². The van der Waals surface area contributed by atoms with Crippen LogP contribution in [0.15, 0.2) is 11.6 Å². The Kier molecular flexibility index (Phi) is 20.2. The first-order valence-electron chi connectivity index (χ1n) is 6.89. The van der Waals surface area contributed by atoms with Gasteiger partial charge in [-0.2, -0.15) is 0 Å². The van der Waals surface area contributed by atoms with Gasteiger partial charge < -0.3 is 9.84 Å². The van der Waals surface area contributed by atoms with E-state index < -0.39 is 5.79 Å². The minimum absolute atomic E-state index is 0.958. The molecule has 0 aromatic rings. The molecule has 0 saturated carbocycles. The third kappa shape index (κ3) is 25.7. The maximum absolute atomic E-state index is 8.60. The van der Waals surface area contributed by atoms with E-state index in [9.17, 15) is 0 Å². The van der Waals surface area contributed by atoms with Crippen LogP contribution in [0.4, 0.5) is 0 Å². The predicted octanol–water partition coefficient (Wildman–Crippen LogP) is 4.92. The van der Waals surface area contributed by atoms with Crippen LogP contribution < -0.4 is 0 Å². The molecule has 0 fully saturated rings. The lowest BCUT2D eigenvalue weighted by molar-refractivity contribution is -0.155. The number of allylic oxidation sites excluding steroid dienone is 2. The standard InChI is InChI=1S/C7H12.C4H10O2.2C2H6/c1-7-5-3-2-4-6-7;1-4(2,5)6-3;2*1-2/h5H,2-4,6H2,1H3;5H,1-3H3;2*1-2H3. The van der Waals surface area contributed by atoms with Gasteiger partial charge in [0.05, 0.1) is 0 Å². The van der Waals surface area contributed by atoms with Crippen molar-refractivity contribution < 1.29 is 9.84 Å². The molecule has 0 atom stereocenters. The Bertz CT molecular complexity index is 155. The van der Waals surface area contributed by atoms with Crippen molar-refractivity contribution in [3.8, 4) is 0 Å². The number of hydrogen-bond acceptors (Lipinski definition) is 2. The van der Waals surface area contributed by atoms with Crippen molar-refractivity contribution >= 4 is 0 Å². The van der Waals surface area contributed by atoms with E-state index in [0.29, 0.717) is 0 Å². The smallest absolute Gasteiger partial charge is 0.159 e. The predicted molar refractivity (Wildman–Crippen MR) is 78.2 cm³/mol. The molecule has 0 unspecified atom stereocenters. The van der Waals surface area contributed by atoms with Crippen molar-refractivity contribution in [2.75, 3.05) is 7.11 Å². The highest BCUT2D eigenvalue weighted by molar-refractivity contribution is 5.00. The summed E-state index contributed by atoms with van der Waals surface area (Å²) in [5.74, 6) is -0.958. The highest BCUT2D eigenvalue weighted by Crippen LogP contribution is 2.15. The van der Waals surface area contributed by atoms with Gasteiger partial charge in [0.1, 0.15) is 0 Å². The van der Waals surface area contributed by atoms with Gasteiger partial charge in [-0.25, -0.2) is 0 Å². The monoisotopic (exact) mass is 246 g/mol. The topological polar surface area (TPSA) is 29.5 Å². The zero-order chi connectivity index (χ0) is 14.3. The van der Waals surface area contributed by atoms with E-state index in [1.54, 1.807) is 19.4 Å². The average Bonchev–Trinajstić information content (AvgIpc) is 2.35. The van der Waals surface area contributed by atoms with E-state index in [2.05, 4.69) is 17.7 Å². The Morgan fingerprint density at radius 1 is 1.12 bits per heavy atom. The fraction of sp³-hybridized carbons (Fsp3) is 0.867. The van der Waals surface area contributed by atoms with Crippen LogP contribution in [0.1, 0.15) is 74.1 Å². The molecular weight excluding hydrogens is 212 g/mol. The molecule has 0 aromatic heterocycles. The van der Waals surface area contributed by atoms with E-state index in [0.717, 1.165) is 0 Å². The highest BCUT2D eigenvalue weighted by atomic mass is 16.6. The van der Waals surface area contributed by atoms with Crippen LogP contribution >= 0.6 is 0 Å². The third-order valence-corrected chi connectivity index (χ3v) is 2.02. The fourth-order valence-electron chi connectivity index (χ4n) is 0.999. The second kappa shape index (κ2) is 15.7. The highest BCUT2D eigenvalue weighted by Gasteiger charge is 2.06. The molecule has 106 valence electrons. The van der Waals surface area contributed by atoms with E-state index >= 15 is 0 Å². The molecule has 1 rings (SSSR count). The second-order valence-electron chi connectivity index (χ2n) is 3.95. The Morgan fingerprint density at radius 3 is 1.65 bits per heavy atom. The molecule has 0 spiro atoms. The van der Waals surface area contributed by atoms with Crippen molar-refractivity contribution in [2.45, 2.75) is 79.9 Å². The first kappa shape index (κ1) is 21.9. The molecular formula is C15H34O2. The number of rotatable bonds is 1. The summed E-state index contributed by atoms with van der Waals surface area (Å²) in [5, 5.41) is 8.60. The molecule has 0 heterocycles. The Balaban J connectivity index is -0.000000180. The lowest BCUT2D eigenvalue weighted by Gasteiger charge is -2.12. The number of aliphatic hydroxyl groups is 1. The van der Waals surface area contributed by atoms with Crippen molar-refractivity contribution in [3.05, 3.63) is 11.6 Å². The summed E-state index contributed by atoms with van der Waals surface area (Å²) in [5.41, 5.74) is 1.59. The van der Waals surface area contributed by atoms with Crippen LogP contribution in [0.3, 0.4) is 0 Å². The number of ether oxygens (including phenoxy) is 1. The van der Waals surface area contributed by atoms with Gasteiger partial charge in [-0.3, -0.25) is 0 Å². The Hall–Kier alpha value is -0.340. The molecule has 0 bridgehead atoms. The summed E-state index contributed by atoms with van der Waals surface area (Å²) in [6, 6.07) is 0. The minimum Gasteiger partial charge on any atom is -0.366 e. The van der Waals surface area contributed by atoms with E-state index in [1.807, 2.05) is 27.7 Å². The van der Waals surface area contributed by atoms with Gasteiger partial charge in [0, 0.05) is 7.11 Å². The van der Waals surface area contributed by atoms with Crippen LogP contribution in [-0.4, -0.2) is 18.0 Å². The summed E-state index contributed by atoms with van der Waals surface area (Å²) >= 11 is 0. The van der Waals surface area contributed by atoms with E-state index in [-0.39, 0.29) is 0 Å². The van der Waals surface area contributed by atoms with Crippen LogP contribution in [0.5, 0.6) is 0 Å². The molecule has 0 aliphatic heterocycles. The van der Waals surface area contributed by atoms with Crippen molar-refractivity contribution in [2.24, 2.45) is 0 Å². The quantitative estimate of drug-likeness (QED) is 0.525. The lowest BCUT2D eigenvalue weighted by Crippen LogP contribution is -2.20. The summed E-state index contributed by atoms with van der Waals surface area (Å²) in [4.78, 5) is 0. The number of methoxy groups -OCH3 is 1. The van der Waals surface area contributed by atoms with Gasteiger partial charge in [0.2, 0.25) is 0 Å². The minimum atomic E-state index is -0.958. The zero-order valence-corrected chi connectivity index (χ0v) is 13.3. The molecule has 1 aliphatic rings. The summed E-state index contributed by atoms with van der Waals surface area (Å²) in [6.45, 7) is 13.4. The summed E-state index contributed by atoms with van der Waals surface area (Å²) < 4.78 is 4.49. The van der Waals surface area contributed by atoms with Gasteiger partial charge in [0.25, 0.3) is 0 Å². The van der Waals surface area contributed by atoms with Gasteiger partial charge in [-0.1, -0.05) is 39.3 Å². The molecule has 0 amide bonds. The Labute approximate surface area is 109 Å². The van der Waals surface area contributed by atoms with Gasteiger partial charge in [-0.15, -0.1) is 0 Å². The van der Waals surface area contributed by atoms with Crippen LogP contribution in [-0.2, 0) is 4.74 Å². The normalized spacial score (nSPS) is 13.8. The van der Waals surface area contributed by atoms with Crippen LogP contribution in [0.25, 0.3) is 0 Å². The lowest BCUT2D eigenvalue weighted by atomic mass is 10.0. The molecule has 1 N–H and O–H groups in total. The summed E-state index contributed by atoms with van der Waals surface area (Å²) in [7, 11) is 1.46. The largest absolute Gasteiger partial charge is 0.366 e. The fourth-order valence-corrected chi connectivity index (χ4v) is 0.999. The molecule has 1 aliphatic carbocycles. The van der Waals surface area contributed by atoms with Crippen molar-refractivity contribution in [3.63, 3.8) is 0 Å².